The lowest BCUT2D eigenvalue weighted by Gasteiger charge is -2.25. The van der Waals surface area contributed by atoms with Gasteiger partial charge in [0.15, 0.2) is 0 Å². The minimum Gasteiger partial charge on any atom is -0.480 e. The fourth-order valence-electron chi connectivity index (χ4n) is 4.78. The van der Waals surface area contributed by atoms with Crippen molar-refractivity contribution in [2.75, 3.05) is 13.6 Å². The van der Waals surface area contributed by atoms with Gasteiger partial charge in [-0.15, -0.1) is 0 Å². The van der Waals surface area contributed by atoms with Crippen LogP contribution in [0.5, 0.6) is 0 Å². The number of likely N-dealkylation sites (N-methyl/N-ethyl adjacent to an activating group) is 1. The molecule has 2 aromatic rings. The SMILES string of the molecule is CN(CC/C=C1/c2ccccc2CCC2C=CC=CC12)C(/C=C/c1ccccc1)C(=O)O. The first-order valence-corrected chi connectivity index (χ1v) is 11.4. The first-order valence-electron chi connectivity index (χ1n) is 11.4. The Morgan fingerprint density at radius 3 is 2.66 bits per heavy atom. The standard InChI is InChI=1S/C29H31NO2/c1-30(28(29(31)32)20-17-22-10-3-2-4-11-22)21-9-16-27-25-14-7-5-12-23(25)18-19-24-13-6-8-15-26(24)27/h2-8,10-17,20,23,25,28H,9,18-19,21H2,1H3,(H,31,32)/b20-17+,27-16+. The predicted molar refractivity (Wildman–Crippen MR) is 132 cm³/mol. The van der Waals surface area contributed by atoms with Crippen molar-refractivity contribution >= 4 is 17.6 Å². The molecule has 1 N–H and O–H groups in total. The maximum atomic E-state index is 11.9. The summed E-state index contributed by atoms with van der Waals surface area (Å²) < 4.78 is 0. The number of rotatable bonds is 7. The zero-order valence-electron chi connectivity index (χ0n) is 18.6. The third kappa shape index (κ3) is 5.17. The molecule has 2 aliphatic rings. The van der Waals surface area contributed by atoms with Crippen molar-refractivity contribution in [1.29, 1.82) is 0 Å². The molecule has 0 fully saturated rings. The summed E-state index contributed by atoms with van der Waals surface area (Å²) in [5.74, 6) is 0.0896. The second kappa shape index (κ2) is 10.4. The summed E-state index contributed by atoms with van der Waals surface area (Å²) in [6.45, 7) is 0.679. The van der Waals surface area contributed by atoms with Gasteiger partial charge in [0.1, 0.15) is 6.04 Å². The van der Waals surface area contributed by atoms with E-state index in [9.17, 15) is 9.90 Å². The summed E-state index contributed by atoms with van der Waals surface area (Å²) in [6.07, 6.45) is 18.0. The minimum absolute atomic E-state index is 0.391. The van der Waals surface area contributed by atoms with Gasteiger partial charge in [0.05, 0.1) is 0 Å². The molecule has 3 unspecified atom stereocenters. The van der Waals surface area contributed by atoms with Crippen LogP contribution in [0.1, 0.15) is 29.5 Å². The number of nitrogens with zero attached hydrogens (tertiary/aromatic N) is 1. The van der Waals surface area contributed by atoms with Gasteiger partial charge in [0, 0.05) is 12.5 Å². The van der Waals surface area contributed by atoms with Crippen LogP contribution in [0.25, 0.3) is 11.6 Å². The van der Waals surface area contributed by atoms with E-state index in [1.165, 1.54) is 16.7 Å². The molecule has 0 saturated heterocycles. The lowest BCUT2D eigenvalue weighted by molar-refractivity contribution is -0.140. The fraction of sp³-hybridized carbons (Fsp3) is 0.276. The summed E-state index contributed by atoms with van der Waals surface area (Å²) in [6, 6.07) is 17.9. The third-order valence-electron chi connectivity index (χ3n) is 6.53. The molecule has 3 atom stereocenters. The highest BCUT2D eigenvalue weighted by atomic mass is 16.4. The Balaban J connectivity index is 1.50. The van der Waals surface area contributed by atoms with Crippen molar-refractivity contribution in [3.63, 3.8) is 0 Å². The van der Waals surface area contributed by atoms with E-state index < -0.39 is 12.0 Å². The molecule has 0 bridgehead atoms. The summed E-state index contributed by atoms with van der Waals surface area (Å²) in [7, 11) is 1.89. The van der Waals surface area contributed by atoms with Crippen molar-refractivity contribution in [3.05, 3.63) is 108 Å². The van der Waals surface area contributed by atoms with Crippen LogP contribution < -0.4 is 0 Å². The van der Waals surface area contributed by atoms with Crippen molar-refractivity contribution in [2.24, 2.45) is 11.8 Å². The van der Waals surface area contributed by atoms with Gasteiger partial charge in [-0.3, -0.25) is 9.69 Å². The van der Waals surface area contributed by atoms with Gasteiger partial charge in [0.25, 0.3) is 0 Å². The van der Waals surface area contributed by atoms with Crippen LogP contribution in [0, 0.1) is 11.8 Å². The zero-order valence-corrected chi connectivity index (χ0v) is 18.6. The molecule has 2 aliphatic carbocycles. The van der Waals surface area contributed by atoms with Crippen LogP contribution in [0.15, 0.2) is 91.1 Å². The molecule has 0 amide bonds. The smallest absolute Gasteiger partial charge is 0.324 e. The summed E-state index contributed by atoms with van der Waals surface area (Å²) >= 11 is 0. The summed E-state index contributed by atoms with van der Waals surface area (Å²) in [5, 5.41) is 9.77. The number of aryl methyl sites for hydroxylation is 1. The zero-order chi connectivity index (χ0) is 22.3. The Hall–Kier alpha value is -3.17. The van der Waals surface area contributed by atoms with E-state index in [2.05, 4.69) is 54.6 Å². The third-order valence-corrected chi connectivity index (χ3v) is 6.53. The van der Waals surface area contributed by atoms with Crippen molar-refractivity contribution in [1.82, 2.24) is 4.90 Å². The molecule has 164 valence electrons. The lowest BCUT2D eigenvalue weighted by Crippen LogP contribution is -2.37. The number of aliphatic carboxylic acids is 1. The summed E-state index contributed by atoms with van der Waals surface area (Å²) in [5.41, 5.74) is 5.15. The van der Waals surface area contributed by atoms with Crippen LogP contribution >= 0.6 is 0 Å². The van der Waals surface area contributed by atoms with Gasteiger partial charge in [-0.25, -0.2) is 0 Å². The van der Waals surface area contributed by atoms with Crippen LogP contribution in [0.4, 0.5) is 0 Å². The average molecular weight is 426 g/mol. The molecule has 0 spiro atoms. The highest BCUT2D eigenvalue weighted by Gasteiger charge is 2.28. The van der Waals surface area contributed by atoms with Gasteiger partial charge in [-0.05, 0) is 54.5 Å². The second-order valence-electron chi connectivity index (χ2n) is 8.64. The molecule has 0 aliphatic heterocycles. The van der Waals surface area contributed by atoms with Crippen LogP contribution in [0.3, 0.4) is 0 Å². The van der Waals surface area contributed by atoms with Gasteiger partial charge in [-0.1, -0.05) is 97.1 Å². The van der Waals surface area contributed by atoms with E-state index in [4.69, 9.17) is 0 Å². The average Bonchev–Trinajstić information content (AvgIpc) is 2.97. The highest BCUT2D eigenvalue weighted by Crippen LogP contribution is 2.40. The van der Waals surface area contributed by atoms with Gasteiger partial charge in [0.2, 0.25) is 0 Å². The van der Waals surface area contributed by atoms with Crippen LogP contribution in [0.2, 0.25) is 0 Å². The molecule has 3 heteroatoms. The Morgan fingerprint density at radius 2 is 1.84 bits per heavy atom. The Morgan fingerprint density at radius 1 is 1.09 bits per heavy atom. The van der Waals surface area contributed by atoms with Crippen molar-refractivity contribution < 1.29 is 9.90 Å². The van der Waals surface area contributed by atoms with Gasteiger partial charge >= 0.3 is 5.97 Å². The Labute approximate surface area is 191 Å². The van der Waals surface area contributed by atoms with Gasteiger partial charge < -0.3 is 5.11 Å². The Bertz CT molecular complexity index is 1050. The quantitative estimate of drug-likeness (QED) is 0.604. The molecular weight excluding hydrogens is 394 g/mol. The molecule has 0 aromatic heterocycles. The van der Waals surface area contributed by atoms with E-state index in [0.717, 1.165) is 24.8 Å². The van der Waals surface area contributed by atoms with E-state index in [-0.39, 0.29) is 0 Å². The van der Waals surface area contributed by atoms with Crippen molar-refractivity contribution in [2.45, 2.75) is 25.3 Å². The van der Waals surface area contributed by atoms with Crippen LogP contribution in [-0.4, -0.2) is 35.6 Å². The van der Waals surface area contributed by atoms with E-state index in [0.29, 0.717) is 18.4 Å². The number of carboxylic acids is 1. The van der Waals surface area contributed by atoms with Crippen molar-refractivity contribution in [3.8, 4) is 0 Å². The molecule has 3 nitrogen and oxygen atoms in total. The number of hydrogen-bond acceptors (Lipinski definition) is 2. The molecule has 0 radical (unpaired) electrons. The predicted octanol–water partition coefficient (Wildman–Crippen LogP) is 5.86. The maximum Gasteiger partial charge on any atom is 0.324 e. The van der Waals surface area contributed by atoms with Crippen LogP contribution in [-0.2, 0) is 11.2 Å². The molecule has 2 aromatic carbocycles. The number of hydrogen-bond donors (Lipinski definition) is 1. The lowest BCUT2D eigenvalue weighted by atomic mass is 9.80. The number of allylic oxidation sites excluding steroid dienone is 5. The maximum absolute atomic E-state index is 11.9. The molecule has 0 heterocycles. The highest BCUT2D eigenvalue weighted by molar-refractivity contribution is 5.77. The molecule has 0 saturated carbocycles. The largest absolute Gasteiger partial charge is 0.480 e. The van der Waals surface area contributed by atoms with Gasteiger partial charge in [-0.2, -0.15) is 0 Å². The number of carbonyl (C=O) groups is 1. The monoisotopic (exact) mass is 425 g/mol. The van der Waals surface area contributed by atoms with E-state index >= 15 is 0 Å². The number of carboxylic acid groups (broad SMARTS) is 1. The topological polar surface area (TPSA) is 40.5 Å². The van der Waals surface area contributed by atoms with E-state index in [1.54, 1.807) is 6.08 Å². The van der Waals surface area contributed by atoms with E-state index in [1.807, 2.05) is 48.4 Å². The fourth-order valence-corrected chi connectivity index (χ4v) is 4.78. The summed E-state index contributed by atoms with van der Waals surface area (Å²) in [4.78, 5) is 13.8. The molecular formula is C29H31NO2. The second-order valence-corrected chi connectivity index (χ2v) is 8.64. The number of fused-ring (bicyclic) bond motifs is 2. The Kier molecular flexibility index (Phi) is 7.18. The first-order chi connectivity index (χ1) is 15.6. The first kappa shape index (κ1) is 22.0. The molecule has 32 heavy (non-hydrogen) atoms. The minimum atomic E-state index is -0.826. The molecule has 4 rings (SSSR count). The number of benzene rings is 2. The normalized spacial score (nSPS) is 22.0.